The van der Waals surface area contributed by atoms with Gasteiger partial charge < -0.3 is 24.3 Å². The smallest absolute Gasteiger partial charge is 0.317 e. The molecule has 0 aliphatic carbocycles. The Morgan fingerprint density at radius 3 is 2.69 bits per heavy atom. The number of carbonyl (C=O) groups excluding carboxylic acids is 1. The first-order valence-electron chi connectivity index (χ1n) is 9.86. The molecule has 7 heteroatoms. The number of hydrogen-bond acceptors (Lipinski definition) is 4. The van der Waals surface area contributed by atoms with Gasteiger partial charge in [-0.05, 0) is 48.2 Å². The van der Waals surface area contributed by atoms with E-state index in [1.54, 1.807) is 14.2 Å². The standard InChI is InChI=1S/C22H26N4O3/c1-28-20-12-16-8-11-25(14-17(16)13-21(20)29-2)22(27)23-9-5-10-26-15-24-18-6-3-4-7-19(18)26/h3-4,6-7,12-13,15H,5,8-11,14H2,1-2H3,(H,23,27). The van der Waals surface area contributed by atoms with Crippen molar-refractivity contribution >= 4 is 17.1 Å². The lowest BCUT2D eigenvalue weighted by Gasteiger charge is -2.29. The van der Waals surface area contributed by atoms with E-state index in [1.165, 1.54) is 5.56 Å². The van der Waals surface area contributed by atoms with E-state index in [0.717, 1.165) is 41.7 Å². The predicted molar refractivity (Wildman–Crippen MR) is 111 cm³/mol. The summed E-state index contributed by atoms with van der Waals surface area (Å²) in [5, 5.41) is 3.04. The summed E-state index contributed by atoms with van der Waals surface area (Å²) in [5.41, 5.74) is 4.43. The molecule has 2 aromatic carbocycles. The molecule has 2 amide bonds. The normalized spacial score (nSPS) is 13.2. The third-order valence-corrected chi connectivity index (χ3v) is 5.38. The molecule has 0 unspecified atom stereocenters. The van der Waals surface area contributed by atoms with Crippen LogP contribution in [0.25, 0.3) is 11.0 Å². The zero-order chi connectivity index (χ0) is 20.2. The molecule has 0 saturated heterocycles. The summed E-state index contributed by atoms with van der Waals surface area (Å²) in [6.07, 6.45) is 3.52. The van der Waals surface area contributed by atoms with E-state index >= 15 is 0 Å². The van der Waals surface area contributed by atoms with Gasteiger partial charge >= 0.3 is 6.03 Å². The van der Waals surface area contributed by atoms with Gasteiger partial charge in [0.25, 0.3) is 0 Å². The summed E-state index contributed by atoms with van der Waals surface area (Å²) >= 11 is 0. The van der Waals surface area contributed by atoms with Crippen LogP contribution in [0.4, 0.5) is 4.79 Å². The molecule has 1 N–H and O–H groups in total. The Bertz CT molecular complexity index is 1010. The minimum absolute atomic E-state index is 0.0269. The van der Waals surface area contributed by atoms with Crippen LogP contribution in [0.1, 0.15) is 17.5 Å². The molecule has 4 rings (SSSR count). The van der Waals surface area contributed by atoms with Crippen molar-refractivity contribution in [1.29, 1.82) is 0 Å². The number of hydrogen-bond donors (Lipinski definition) is 1. The highest BCUT2D eigenvalue weighted by atomic mass is 16.5. The second-order valence-corrected chi connectivity index (χ2v) is 7.16. The number of aryl methyl sites for hydroxylation is 1. The average molecular weight is 394 g/mol. The van der Waals surface area contributed by atoms with Crippen LogP contribution < -0.4 is 14.8 Å². The number of aromatic nitrogens is 2. The van der Waals surface area contributed by atoms with Gasteiger partial charge in [-0.2, -0.15) is 0 Å². The van der Waals surface area contributed by atoms with Crippen LogP contribution in [0.15, 0.2) is 42.7 Å². The second kappa shape index (κ2) is 8.43. The topological polar surface area (TPSA) is 68.6 Å². The fourth-order valence-corrected chi connectivity index (χ4v) is 3.80. The lowest BCUT2D eigenvalue weighted by Crippen LogP contribution is -2.43. The molecule has 1 aromatic heterocycles. The van der Waals surface area contributed by atoms with Gasteiger partial charge in [-0.1, -0.05) is 12.1 Å². The number of rotatable bonds is 6. The zero-order valence-corrected chi connectivity index (χ0v) is 16.9. The van der Waals surface area contributed by atoms with Crippen LogP contribution >= 0.6 is 0 Å². The fourth-order valence-electron chi connectivity index (χ4n) is 3.80. The SMILES string of the molecule is COc1cc2c(cc1OC)CN(C(=O)NCCCn1cnc3ccccc31)CC2. The van der Waals surface area contributed by atoms with Gasteiger partial charge in [-0.3, -0.25) is 0 Å². The maximum atomic E-state index is 12.6. The number of para-hydroxylation sites is 2. The third kappa shape index (κ3) is 3.99. The average Bonchev–Trinajstić information content (AvgIpc) is 3.18. The molecule has 3 aromatic rings. The number of amides is 2. The first kappa shape index (κ1) is 19.1. The van der Waals surface area contributed by atoms with Gasteiger partial charge in [0.05, 0.1) is 31.6 Å². The molecule has 7 nitrogen and oxygen atoms in total. The van der Waals surface area contributed by atoms with Crippen LogP contribution in [-0.2, 0) is 19.5 Å². The highest BCUT2D eigenvalue weighted by molar-refractivity contribution is 5.75. The van der Waals surface area contributed by atoms with Gasteiger partial charge in [-0.25, -0.2) is 9.78 Å². The Balaban J connectivity index is 1.30. The van der Waals surface area contributed by atoms with Crippen molar-refractivity contribution in [3.05, 3.63) is 53.9 Å². The number of benzene rings is 2. The van der Waals surface area contributed by atoms with Crippen molar-refractivity contribution in [1.82, 2.24) is 19.8 Å². The Morgan fingerprint density at radius 2 is 1.90 bits per heavy atom. The highest BCUT2D eigenvalue weighted by Crippen LogP contribution is 2.33. The van der Waals surface area contributed by atoms with Crippen molar-refractivity contribution in [3.8, 4) is 11.5 Å². The first-order chi connectivity index (χ1) is 14.2. The first-order valence-corrected chi connectivity index (χ1v) is 9.86. The van der Waals surface area contributed by atoms with E-state index in [9.17, 15) is 4.79 Å². The number of nitrogens with zero attached hydrogens (tertiary/aromatic N) is 3. The Morgan fingerprint density at radius 1 is 1.14 bits per heavy atom. The summed E-state index contributed by atoms with van der Waals surface area (Å²) < 4.78 is 12.9. The van der Waals surface area contributed by atoms with Crippen molar-refractivity contribution < 1.29 is 14.3 Å². The highest BCUT2D eigenvalue weighted by Gasteiger charge is 2.22. The van der Waals surface area contributed by atoms with Crippen molar-refractivity contribution in [2.75, 3.05) is 27.3 Å². The van der Waals surface area contributed by atoms with Crippen LogP contribution in [0.2, 0.25) is 0 Å². The molecule has 152 valence electrons. The summed E-state index contributed by atoms with van der Waals surface area (Å²) in [6, 6.07) is 12.0. The zero-order valence-electron chi connectivity index (χ0n) is 16.9. The van der Waals surface area contributed by atoms with E-state index in [1.807, 2.05) is 41.6 Å². The van der Waals surface area contributed by atoms with E-state index in [2.05, 4.69) is 20.9 Å². The van der Waals surface area contributed by atoms with Crippen LogP contribution in [0.3, 0.4) is 0 Å². The Hall–Kier alpha value is -3.22. The van der Waals surface area contributed by atoms with Crippen LogP contribution in [0, 0.1) is 0 Å². The van der Waals surface area contributed by atoms with Gasteiger partial charge in [0.15, 0.2) is 11.5 Å². The molecule has 1 aliphatic heterocycles. The minimum atomic E-state index is -0.0269. The quantitative estimate of drug-likeness (QED) is 0.652. The van der Waals surface area contributed by atoms with Crippen LogP contribution in [0.5, 0.6) is 11.5 Å². The van der Waals surface area contributed by atoms with Gasteiger partial charge in [-0.15, -0.1) is 0 Å². The molecule has 0 spiro atoms. The Labute approximate surface area is 170 Å². The number of imidazole rings is 1. The van der Waals surface area contributed by atoms with E-state index in [-0.39, 0.29) is 6.03 Å². The van der Waals surface area contributed by atoms with E-state index in [0.29, 0.717) is 25.4 Å². The van der Waals surface area contributed by atoms with Crippen molar-refractivity contribution in [3.63, 3.8) is 0 Å². The maximum absolute atomic E-state index is 12.6. The van der Waals surface area contributed by atoms with E-state index in [4.69, 9.17) is 9.47 Å². The molecule has 0 bridgehead atoms. The number of carbonyl (C=O) groups is 1. The lowest BCUT2D eigenvalue weighted by atomic mass is 9.99. The van der Waals surface area contributed by atoms with Crippen LogP contribution in [-0.4, -0.2) is 47.8 Å². The fraction of sp³-hybridized carbons (Fsp3) is 0.364. The van der Waals surface area contributed by atoms with E-state index < -0.39 is 0 Å². The van der Waals surface area contributed by atoms with Gasteiger partial charge in [0, 0.05) is 26.2 Å². The lowest BCUT2D eigenvalue weighted by molar-refractivity contribution is 0.192. The largest absolute Gasteiger partial charge is 0.493 e. The molecule has 0 radical (unpaired) electrons. The summed E-state index contributed by atoms with van der Waals surface area (Å²) in [5.74, 6) is 1.43. The molecule has 0 atom stereocenters. The molecular formula is C22H26N4O3. The molecule has 0 saturated carbocycles. The molecule has 0 fully saturated rings. The summed E-state index contributed by atoms with van der Waals surface area (Å²) in [7, 11) is 3.26. The number of methoxy groups -OCH3 is 2. The minimum Gasteiger partial charge on any atom is -0.493 e. The molecule has 1 aliphatic rings. The number of urea groups is 1. The maximum Gasteiger partial charge on any atom is 0.317 e. The van der Waals surface area contributed by atoms with Gasteiger partial charge in [0.1, 0.15) is 0 Å². The number of nitrogens with one attached hydrogen (secondary N) is 1. The summed E-state index contributed by atoms with van der Waals surface area (Å²) in [6.45, 7) is 2.72. The number of ether oxygens (including phenoxy) is 2. The Kier molecular flexibility index (Phi) is 5.55. The third-order valence-electron chi connectivity index (χ3n) is 5.38. The second-order valence-electron chi connectivity index (χ2n) is 7.16. The van der Waals surface area contributed by atoms with Crippen molar-refractivity contribution in [2.45, 2.75) is 25.9 Å². The summed E-state index contributed by atoms with van der Waals surface area (Å²) in [4.78, 5) is 18.8. The monoisotopic (exact) mass is 394 g/mol. The number of fused-ring (bicyclic) bond motifs is 2. The predicted octanol–water partition coefficient (Wildman–Crippen LogP) is 3.21. The van der Waals surface area contributed by atoms with Crippen molar-refractivity contribution in [2.24, 2.45) is 0 Å². The van der Waals surface area contributed by atoms with Gasteiger partial charge in [0.2, 0.25) is 0 Å². The molecular weight excluding hydrogens is 368 g/mol. The molecule has 2 heterocycles. The molecule has 29 heavy (non-hydrogen) atoms.